The van der Waals surface area contributed by atoms with E-state index in [2.05, 4.69) is 10.3 Å². The zero-order valence-electron chi connectivity index (χ0n) is 17.7. The number of ether oxygens (including phenoxy) is 2. The van der Waals surface area contributed by atoms with Crippen LogP contribution in [0, 0.1) is 0 Å². The van der Waals surface area contributed by atoms with Gasteiger partial charge in [-0.15, -0.1) is 11.3 Å². The van der Waals surface area contributed by atoms with Gasteiger partial charge >= 0.3 is 0 Å². The molecule has 0 unspecified atom stereocenters. The van der Waals surface area contributed by atoms with Gasteiger partial charge in [0.05, 0.1) is 19.4 Å². The highest BCUT2D eigenvalue weighted by atomic mass is 32.1. The van der Waals surface area contributed by atoms with Crippen molar-refractivity contribution in [1.82, 2.24) is 9.97 Å². The number of anilines is 1. The van der Waals surface area contributed by atoms with Crippen LogP contribution in [0.5, 0.6) is 11.5 Å². The summed E-state index contributed by atoms with van der Waals surface area (Å²) < 4.78 is 10.8. The molecule has 0 aliphatic rings. The van der Waals surface area contributed by atoms with Crippen LogP contribution < -0.4 is 14.8 Å². The number of nitrogens with one attached hydrogen (secondary N) is 1. The molecule has 0 fully saturated rings. The van der Waals surface area contributed by atoms with Crippen molar-refractivity contribution in [3.63, 3.8) is 0 Å². The topological polar surface area (TPSA) is 73.3 Å². The first-order valence-corrected chi connectivity index (χ1v) is 11.1. The number of pyridine rings is 1. The van der Waals surface area contributed by atoms with Crippen molar-refractivity contribution in [1.29, 1.82) is 0 Å². The molecule has 0 radical (unpaired) electrons. The molecule has 1 amide bonds. The Kier molecular flexibility index (Phi) is 7.09. The van der Waals surface area contributed by atoms with Gasteiger partial charge in [0.25, 0.3) is 0 Å². The number of nitrogens with zero attached hydrogens (tertiary/aromatic N) is 2. The summed E-state index contributed by atoms with van der Waals surface area (Å²) in [4.78, 5) is 21.2. The van der Waals surface area contributed by atoms with E-state index in [0.29, 0.717) is 19.4 Å². The summed E-state index contributed by atoms with van der Waals surface area (Å²) in [5.41, 5.74) is 3.57. The van der Waals surface area contributed by atoms with E-state index in [-0.39, 0.29) is 5.91 Å². The standard InChI is InChI=1S/C25H23N3O3S/c1-30-21-9-11-22(12-10-21)31-14-4-8-24(29)27-20-7-2-5-18(15-20)23-17-32-25(28-23)19-6-3-13-26-16-19/h2-3,5-7,9-13,15-17H,4,8,14H2,1H3,(H,27,29). The molecule has 6 nitrogen and oxygen atoms in total. The molecule has 0 atom stereocenters. The Balaban J connectivity index is 1.29. The van der Waals surface area contributed by atoms with Crippen LogP contribution >= 0.6 is 11.3 Å². The monoisotopic (exact) mass is 445 g/mol. The molecule has 0 saturated carbocycles. The molecule has 4 rings (SSSR count). The quantitative estimate of drug-likeness (QED) is 0.336. The van der Waals surface area contributed by atoms with Gasteiger partial charge in [-0.3, -0.25) is 9.78 Å². The third-order valence-corrected chi connectivity index (χ3v) is 5.62. The predicted octanol–water partition coefficient (Wildman–Crippen LogP) is 5.68. The van der Waals surface area contributed by atoms with Crippen LogP contribution in [0.1, 0.15) is 12.8 Å². The molecule has 1 N–H and O–H groups in total. The maximum atomic E-state index is 12.3. The highest BCUT2D eigenvalue weighted by Crippen LogP contribution is 2.29. The number of carbonyl (C=O) groups is 1. The fourth-order valence-electron chi connectivity index (χ4n) is 3.10. The summed E-state index contributed by atoms with van der Waals surface area (Å²) in [6.07, 6.45) is 4.55. The molecule has 0 saturated heterocycles. The second kappa shape index (κ2) is 10.5. The minimum atomic E-state index is -0.0465. The minimum Gasteiger partial charge on any atom is -0.497 e. The normalized spacial score (nSPS) is 10.5. The van der Waals surface area contributed by atoms with Gasteiger partial charge in [0, 0.05) is 41.0 Å². The van der Waals surface area contributed by atoms with E-state index in [1.54, 1.807) is 30.8 Å². The third-order valence-electron chi connectivity index (χ3n) is 4.73. The number of amides is 1. The van der Waals surface area contributed by atoms with Crippen LogP contribution in [0.15, 0.2) is 78.4 Å². The molecule has 2 heterocycles. The molecular weight excluding hydrogens is 422 g/mol. The number of hydrogen-bond acceptors (Lipinski definition) is 6. The lowest BCUT2D eigenvalue weighted by atomic mass is 10.1. The number of aromatic nitrogens is 2. The van der Waals surface area contributed by atoms with Crippen molar-refractivity contribution < 1.29 is 14.3 Å². The van der Waals surface area contributed by atoms with Gasteiger partial charge in [0.15, 0.2) is 0 Å². The number of hydrogen-bond donors (Lipinski definition) is 1. The van der Waals surface area contributed by atoms with Crippen LogP contribution in [0.4, 0.5) is 5.69 Å². The molecule has 32 heavy (non-hydrogen) atoms. The summed E-state index contributed by atoms with van der Waals surface area (Å²) in [5, 5.41) is 5.89. The Labute approximate surface area is 190 Å². The number of thiazole rings is 1. The average molecular weight is 446 g/mol. The van der Waals surface area contributed by atoms with Crippen molar-refractivity contribution in [3.05, 3.63) is 78.4 Å². The Morgan fingerprint density at radius 1 is 1.03 bits per heavy atom. The van der Waals surface area contributed by atoms with Crippen molar-refractivity contribution in [2.24, 2.45) is 0 Å². The lowest BCUT2D eigenvalue weighted by Gasteiger charge is -2.08. The Morgan fingerprint density at radius 2 is 1.84 bits per heavy atom. The maximum Gasteiger partial charge on any atom is 0.224 e. The molecule has 2 aromatic heterocycles. The van der Waals surface area contributed by atoms with Gasteiger partial charge in [0.2, 0.25) is 5.91 Å². The Morgan fingerprint density at radius 3 is 2.62 bits per heavy atom. The number of rotatable bonds is 9. The van der Waals surface area contributed by atoms with Crippen LogP contribution in [-0.2, 0) is 4.79 Å². The van der Waals surface area contributed by atoms with Crippen LogP contribution in [0.25, 0.3) is 21.8 Å². The van der Waals surface area contributed by atoms with E-state index in [1.807, 2.05) is 66.0 Å². The van der Waals surface area contributed by atoms with E-state index in [4.69, 9.17) is 14.5 Å². The first-order chi connectivity index (χ1) is 15.7. The Bertz CT molecular complexity index is 1160. The molecule has 0 aliphatic heterocycles. The smallest absolute Gasteiger partial charge is 0.224 e. The predicted molar refractivity (Wildman–Crippen MR) is 127 cm³/mol. The van der Waals surface area contributed by atoms with E-state index in [0.717, 1.165) is 39.0 Å². The van der Waals surface area contributed by atoms with Crippen molar-refractivity contribution >= 4 is 22.9 Å². The SMILES string of the molecule is COc1ccc(OCCCC(=O)Nc2cccc(-c3csc(-c4cccnc4)n3)c2)cc1. The minimum absolute atomic E-state index is 0.0465. The summed E-state index contributed by atoms with van der Waals surface area (Å²) in [5.74, 6) is 1.49. The summed E-state index contributed by atoms with van der Waals surface area (Å²) in [6, 6.07) is 19.0. The van der Waals surface area contributed by atoms with Crippen LogP contribution in [0.2, 0.25) is 0 Å². The molecule has 7 heteroatoms. The molecule has 162 valence electrons. The second-order valence-corrected chi connectivity index (χ2v) is 7.89. The molecule has 0 bridgehead atoms. The van der Waals surface area contributed by atoms with E-state index in [9.17, 15) is 4.79 Å². The van der Waals surface area contributed by atoms with Gasteiger partial charge in [0.1, 0.15) is 16.5 Å². The molecule has 0 spiro atoms. The second-order valence-electron chi connectivity index (χ2n) is 7.04. The van der Waals surface area contributed by atoms with Crippen molar-refractivity contribution in [2.75, 3.05) is 19.0 Å². The van der Waals surface area contributed by atoms with E-state index in [1.165, 1.54) is 0 Å². The maximum absolute atomic E-state index is 12.3. The van der Waals surface area contributed by atoms with Gasteiger partial charge in [-0.2, -0.15) is 0 Å². The number of carbonyl (C=O) groups excluding carboxylic acids is 1. The van der Waals surface area contributed by atoms with Crippen LogP contribution in [0.3, 0.4) is 0 Å². The average Bonchev–Trinajstić information content (AvgIpc) is 3.33. The van der Waals surface area contributed by atoms with Gasteiger partial charge in [-0.1, -0.05) is 12.1 Å². The fraction of sp³-hybridized carbons (Fsp3) is 0.160. The largest absolute Gasteiger partial charge is 0.497 e. The highest BCUT2D eigenvalue weighted by Gasteiger charge is 2.09. The molecule has 2 aromatic carbocycles. The molecule has 4 aromatic rings. The van der Waals surface area contributed by atoms with Crippen molar-refractivity contribution in [3.8, 4) is 33.3 Å². The van der Waals surface area contributed by atoms with Crippen LogP contribution in [-0.4, -0.2) is 29.6 Å². The fourth-order valence-corrected chi connectivity index (χ4v) is 3.92. The lowest BCUT2D eigenvalue weighted by Crippen LogP contribution is -2.12. The molecular formula is C25H23N3O3S. The highest BCUT2D eigenvalue weighted by molar-refractivity contribution is 7.13. The first-order valence-electron chi connectivity index (χ1n) is 10.2. The van der Waals surface area contributed by atoms with Gasteiger partial charge < -0.3 is 14.8 Å². The molecule has 0 aliphatic carbocycles. The number of benzene rings is 2. The van der Waals surface area contributed by atoms with Gasteiger partial charge in [-0.05, 0) is 55.0 Å². The lowest BCUT2D eigenvalue weighted by molar-refractivity contribution is -0.116. The zero-order valence-corrected chi connectivity index (χ0v) is 18.5. The Hall–Kier alpha value is -3.71. The van der Waals surface area contributed by atoms with Crippen molar-refractivity contribution in [2.45, 2.75) is 12.8 Å². The van der Waals surface area contributed by atoms with Gasteiger partial charge in [-0.25, -0.2) is 4.98 Å². The third kappa shape index (κ3) is 5.70. The number of methoxy groups -OCH3 is 1. The summed E-state index contributed by atoms with van der Waals surface area (Å²) in [6.45, 7) is 0.468. The summed E-state index contributed by atoms with van der Waals surface area (Å²) >= 11 is 1.57. The zero-order chi connectivity index (χ0) is 22.2. The first kappa shape index (κ1) is 21.5. The van der Waals surface area contributed by atoms with E-state index >= 15 is 0 Å². The van der Waals surface area contributed by atoms with E-state index < -0.39 is 0 Å². The summed E-state index contributed by atoms with van der Waals surface area (Å²) in [7, 11) is 1.63.